The fourth-order valence-corrected chi connectivity index (χ4v) is 1.98. The van der Waals surface area contributed by atoms with Crippen molar-refractivity contribution in [2.24, 2.45) is 5.14 Å². The number of anilines is 2. The van der Waals surface area contributed by atoms with Crippen molar-refractivity contribution in [1.29, 1.82) is 0 Å². The van der Waals surface area contributed by atoms with Crippen molar-refractivity contribution in [3.05, 3.63) is 6.20 Å². The molecular formula is C10H17N7O2S. The van der Waals surface area contributed by atoms with Gasteiger partial charge in [0.25, 0.3) is 0 Å². The van der Waals surface area contributed by atoms with Crippen LogP contribution in [0.3, 0.4) is 0 Å². The first kappa shape index (κ1) is 14.5. The lowest BCUT2D eigenvalue weighted by Crippen LogP contribution is -2.22. The van der Waals surface area contributed by atoms with E-state index < -0.39 is 10.0 Å². The van der Waals surface area contributed by atoms with Gasteiger partial charge in [0.2, 0.25) is 16.0 Å². The normalized spacial score (nSPS) is 11.7. The second-order valence-corrected chi connectivity index (χ2v) is 5.98. The van der Waals surface area contributed by atoms with Crippen molar-refractivity contribution in [3.8, 4) is 0 Å². The fraction of sp³-hybridized carbons (Fsp3) is 0.500. The van der Waals surface area contributed by atoms with Gasteiger partial charge in [0.15, 0.2) is 5.65 Å². The van der Waals surface area contributed by atoms with Crippen LogP contribution in [-0.4, -0.2) is 47.4 Å². The predicted molar refractivity (Wildman–Crippen MR) is 76.9 cm³/mol. The Bertz CT molecular complexity index is 682. The maximum absolute atomic E-state index is 10.9. The highest BCUT2D eigenvalue weighted by molar-refractivity contribution is 7.89. The summed E-state index contributed by atoms with van der Waals surface area (Å²) in [7, 11) is -3.50. The average molecular weight is 299 g/mol. The van der Waals surface area contributed by atoms with Gasteiger partial charge in [0, 0.05) is 13.1 Å². The second-order valence-electron chi connectivity index (χ2n) is 4.25. The van der Waals surface area contributed by atoms with Gasteiger partial charge < -0.3 is 10.6 Å². The molecule has 0 atom stereocenters. The Balaban J connectivity index is 2.19. The monoisotopic (exact) mass is 299 g/mol. The first-order valence-electron chi connectivity index (χ1n) is 6.19. The van der Waals surface area contributed by atoms with Crippen LogP contribution in [0, 0.1) is 0 Å². The highest BCUT2D eigenvalue weighted by atomic mass is 32.2. The van der Waals surface area contributed by atoms with E-state index in [-0.39, 0.29) is 12.3 Å². The molecule has 0 aliphatic heterocycles. The van der Waals surface area contributed by atoms with Gasteiger partial charge in [-0.2, -0.15) is 15.1 Å². The molecule has 5 N–H and O–H groups in total. The molecule has 2 aromatic heterocycles. The summed E-state index contributed by atoms with van der Waals surface area (Å²) in [6, 6.07) is 0. The summed E-state index contributed by atoms with van der Waals surface area (Å²) in [6.45, 7) is 2.95. The number of H-pyrrole nitrogens is 1. The number of hydrogen-bond acceptors (Lipinski definition) is 7. The largest absolute Gasteiger partial charge is 0.368 e. The summed E-state index contributed by atoms with van der Waals surface area (Å²) in [5.41, 5.74) is 0.580. The molecule has 20 heavy (non-hydrogen) atoms. The molecule has 0 bridgehead atoms. The van der Waals surface area contributed by atoms with Crippen molar-refractivity contribution in [2.45, 2.75) is 13.3 Å². The van der Waals surface area contributed by atoms with Gasteiger partial charge in [-0.15, -0.1) is 0 Å². The van der Waals surface area contributed by atoms with Gasteiger partial charge in [-0.05, 0) is 6.42 Å². The van der Waals surface area contributed by atoms with Crippen LogP contribution in [0.2, 0.25) is 0 Å². The number of primary sulfonamides is 1. The summed E-state index contributed by atoms with van der Waals surface area (Å²) < 4.78 is 21.8. The van der Waals surface area contributed by atoms with Crippen LogP contribution in [0.25, 0.3) is 11.0 Å². The van der Waals surface area contributed by atoms with Crippen molar-refractivity contribution >= 4 is 32.8 Å². The summed E-state index contributed by atoms with van der Waals surface area (Å²) in [4.78, 5) is 8.57. The molecule has 2 aromatic rings. The Morgan fingerprint density at radius 2 is 2.10 bits per heavy atom. The van der Waals surface area contributed by atoms with E-state index in [4.69, 9.17) is 5.14 Å². The topological polar surface area (TPSA) is 139 Å². The molecule has 10 heteroatoms. The molecule has 0 saturated carbocycles. The molecule has 9 nitrogen and oxygen atoms in total. The minimum Gasteiger partial charge on any atom is -0.368 e. The first-order valence-corrected chi connectivity index (χ1v) is 7.90. The highest BCUT2D eigenvalue weighted by Crippen LogP contribution is 2.19. The number of hydrogen-bond donors (Lipinski definition) is 4. The van der Waals surface area contributed by atoms with Gasteiger partial charge in [-0.1, -0.05) is 6.92 Å². The van der Waals surface area contributed by atoms with Crippen LogP contribution >= 0.6 is 0 Å². The van der Waals surface area contributed by atoms with E-state index in [0.29, 0.717) is 22.8 Å². The minimum atomic E-state index is -3.50. The van der Waals surface area contributed by atoms with Crippen LogP contribution in [-0.2, 0) is 10.0 Å². The number of nitrogens with zero attached hydrogens (tertiary/aromatic N) is 3. The summed E-state index contributed by atoms with van der Waals surface area (Å²) in [5, 5.41) is 18.3. The molecule has 0 radical (unpaired) electrons. The molecular weight excluding hydrogens is 282 g/mol. The van der Waals surface area contributed by atoms with Crippen molar-refractivity contribution in [2.75, 3.05) is 29.5 Å². The molecule has 2 rings (SSSR count). The third-order valence-corrected chi connectivity index (χ3v) is 3.30. The van der Waals surface area contributed by atoms with Crippen LogP contribution in [0.4, 0.5) is 11.8 Å². The molecule has 0 spiro atoms. The lowest BCUT2D eigenvalue weighted by molar-refractivity contribution is 0.598. The zero-order valence-corrected chi connectivity index (χ0v) is 11.9. The van der Waals surface area contributed by atoms with Crippen LogP contribution in [0.5, 0.6) is 0 Å². The molecule has 0 amide bonds. The smallest absolute Gasteiger partial charge is 0.226 e. The van der Waals surface area contributed by atoms with Crippen LogP contribution < -0.4 is 15.8 Å². The number of nitrogens with one attached hydrogen (secondary N) is 3. The minimum absolute atomic E-state index is 0.170. The van der Waals surface area contributed by atoms with E-state index in [2.05, 4.69) is 30.8 Å². The van der Waals surface area contributed by atoms with Crippen molar-refractivity contribution in [3.63, 3.8) is 0 Å². The predicted octanol–water partition coefficient (Wildman–Crippen LogP) is -0.125. The van der Waals surface area contributed by atoms with Gasteiger partial charge in [-0.3, -0.25) is 5.10 Å². The van der Waals surface area contributed by atoms with Gasteiger partial charge in [-0.25, -0.2) is 13.6 Å². The number of aromatic amines is 1. The van der Waals surface area contributed by atoms with E-state index in [1.807, 2.05) is 6.92 Å². The van der Waals surface area contributed by atoms with E-state index in [1.165, 1.54) is 0 Å². The van der Waals surface area contributed by atoms with Gasteiger partial charge in [0.05, 0.1) is 17.3 Å². The van der Waals surface area contributed by atoms with Gasteiger partial charge in [0.1, 0.15) is 5.82 Å². The molecule has 0 aliphatic carbocycles. The third-order valence-electron chi connectivity index (χ3n) is 2.52. The molecule has 0 unspecified atom stereocenters. The Hall–Kier alpha value is -1.94. The van der Waals surface area contributed by atoms with Crippen LogP contribution in [0.1, 0.15) is 13.3 Å². The quantitative estimate of drug-likeness (QED) is 0.558. The standard InChI is InChI=1S/C10H17N7O2S/c1-2-3-13-10-15-8(12-4-5-20(11,18)19)7-6-14-17-9(7)16-10/h6H,2-5H2,1H3,(H2,11,18,19)(H3,12,13,14,15,16,17). The van der Waals surface area contributed by atoms with Gasteiger partial charge >= 0.3 is 0 Å². The van der Waals surface area contributed by atoms with Crippen LogP contribution in [0.15, 0.2) is 6.20 Å². The summed E-state index contributed by atoms with van der Waals surface area (Å²) >= 11 is 0. The molecule has 0 aliphatic rings. The fourth-order valence-electron chi connectivity index (χ4n) is 1.60. The first-order chi connectivity index (χ1) is 9.49. The molecule has 2 heterocycles. The van der Waals surface area contributed by atoms with E-state index in [1.54, 1.807) is 6.20 Å². The zero-order chi connectivity index (χ0) is 14.6. The van der Waals surface area contributed by atoms with Crippen molar-refractivity contribution < 1.29 is 8.42 Å². The molecule has 0 aromatic carbocycles. The highest BCUT2D eigenvalue weighted by Gasteiger charge is 2.10. The number of rotatable bonds is 7. The Labute approximate surface area is 116 Å². The summed E-state index contributed by atoms with van der Waals surface area (Å²) in [5.74, 6) is 0.807. The van der Waals surface area contributed by atoms with Crippen molar-refractivity contribution in [1.82, 2.24) is 20.2 Å². The van der Waals surface area contributed by atoms with E-state index >= 15 is 0 Å². The molecule has 110 valence electrons. The Morgan fingerprint density at radius 3 is 2.80 bits per heavy atom. The number of aromatic nitrogens is 4. The third kappa shape index (κ3) is 3.78. The zero-order valence-electron chi connectivity index (χ0n) is 11.0. The average Bonchev–Trinajstić information content (AvgIpc) is 2.83. The SMILES string of the molecule is CCCNc1nc(NCCS(N)(=O)=O)c2cn[nH]c2n1. The number of sulfonamides is 1. The van der Waals surface area contributed by atoms with E-state index in [9.17, 15) is 8.42 Å². The van der Waals surface area contributed by atoms with E-state index in [0.717, 1.165) is 13.0 Å². The Kier molecular flexibility index (Phi) is 4.35. The number of nitrogens with two attached hydrogens (primary N) is 1. The molecule has 0 fully saturated rings. The summed E-state index contributed by atoms with van der Waals surface area (Å²) in [6.07, 6.45) is 2.52. The Morgan fingerprint density at radius 1 is 1.30 bits per heavy atom. The lowest BCUT2D eigenvalue weighted by atomic mass is 10.4. The molecule has 0 saturated heterocycles. The second kappa shape index (κ2) is 6.01. The maximum atomic E-state index is 10.9. The lowest BCUT2D eigenvalue weighted by Gasteiger charge is -2.08. The number of fused-ring (bicyclic) bond motifs is 1. The maximum Gasteiger partial charge on any atom is 0.226 e.